The fourth-order valence-corrected chi connectivity index (χ4v) is 3.32. The first-order valence-corrected chi connectivity index (χ1v) is 9.49. The SMILES string of the molecule is Cc1ccc(NC(=O)Cn2nc3n(c2=O)CCN(Cc2ccccc2F)C3=O)cc1. The van der Waals surface area contributed by atoms with Crippen molar-refractivity contribution >= 4 is 17.5 Å². The molecule has 8 nitrogen and oxygen atoms in total. The van der Waals surface area contributed by atoms with Crippen LogP contribution in [0, 0.1) is 12.7 Å². The zero-order valence-electron chi connectivity index (χ0n) is 16.3. The molecule has 0 unspecified atom stereocenters. The Morgan fingerprint density at radius 2 is 1.83 bits per heavy atom. The van der Waals surface area contributed by atoms with Crippen LogP contribution in [0.25, 0.3) is 0 Å². The molecule has 1 N–H and O–H groups in total. The molecule has 1 aromatic heterocycles. The van der Waals surface area contributed by atoms with E-state index in [0.29, 0.717) is 11.3 Å². The first-order valence-electron chi connectivity index (χ1n) is 9.49. The largest absolute Gasteiger partial charge is 0.346 e. The minimum absolute atomic E-state index is 0.0503. The van der Waals surface area contributed by atoms with Crippen molar-refractivity contribution < 1.29 is 14.0 Å². The van der Waals surface area contributed by atoms with Crippen molar-refractivity contribution in [3.05, 3.63) is 81.8 Å². The van der Waals surface area contributed by atoms with Gasteiger partial charge in [0.2, 0.25) is 11.7 Å². The number of nitrogens with one attached hydrogen (secondary N) is 1. The summed E-state index contributed by atoms with van der Waals surface area (Å²) in [6.07, 6.45) is 0. The highest BCUT2D eigenvalue weighted by atomic mass is 19.1. The topological polar surface area (TPSA) is 89.2 Å². The van der Waals surface area contributed by atoms with Crippen LogP contribution in [0.1, 0.15) is 21.7 Å². The lowest BCUT2D eigenvalue weighted by Gasteiger charge is -2.26. The summed E-state index contributed by atoms with van der Waals surface area (Å²) in [5, 5.41) is 6.76. The second-order valence-corrected chi connectivity index (χ2v) is 7.15. The number of rotatable bonds is 5. The molecule has 4 rings (SSSR count). The summed E-state index contributed by atoms with van der Waals surface area (Å²) >= 11 is 0. The van der Waals surface area contributed by atoms with Gasteiger partial charge in [-0.3, -0.25) is 14.2 Å². The van der Waals surface area contributed by atoms with Gasteiger partial charge in [0.1, 0.15) is 12.4 Å². The van der Waals surface area contributed by atoms with Gasteiger partial charge in [-0.2, -0.15) is 0 Å². The van der Waals surface area contributed by atoms with E-state index in [2.05, 4.69) is 10.4 Å². The number of fused-ring (bicyclic) bond motifs is 1. The van der Waals surface area contributed by atoms with Crippen molar-refractivity contribution in [2.24, 2.45) is 0 Å². The quantitative estimate of drug-likeness (QED) is 0.696. The molecule has 0 saturated carbocycles. The van der Waals surface area contributed by atoms with Gasteiger partial charge in [0.25, 0.3) is 5.91 Å². The number of hydrogen-bond donors (Lipinski definition) is 1. The summed E-state index contributed by atoms with van der Waals surface area (Å²) in [5.41, 5.74) is 1.53. The number of nitrogens with zero attached hydrogens (tertiary/aromatic N) is 4. The van der Waals surface area contributed by atoms with Gasteiger partial charge in [-0.05, 0) is 25.1 Å². The fourth-order valence-electron chi connectivity index (χ4n) is 3.32. The van der Waals surface area contributed by atoms with Gasteiger partial charge in [-0.1, -0.05) is 35.9 Å². The Hall–Kier alpha value is -3.75. The van der Waals surface area contributed by atoms with E-state index in [1.807, 2.05) is 19.1 Å². The fraction of sp³-hybridized carbons (Fsp3) is 0.238. The summed E-state index contributed by atoms with van der Waals surface area (Å²) in [6, 6.07) is 13.5. The van der Waals surface area contributed by atoms with Crippen molar-refractivity contribution in [1.29, 1.82) is 0 Å². The molecule has 0 fully saturated rings. The summed E-state index contributed by atoms with van der Waals surface area (Å²) in [5.74, 6) is -1.34. The Balaban J connectivity index is 1.49. The summed E-state index contributed by atoms with van der Waals surface area (Å²) in [6.45, 7) is 2.19. The van der Waals surface area contributed by atoms with Gasteiger partial charge < -0.3 is 10.2 Å². The lowest BCUT2D eigenvalue weighted by atomic mass is 10.2. The maximum Gasteiger partial charge on any atom is 0.346 e. The molecule has 9 heteroatoms. The maximum atomic E-state index is 13.9. The van der Waals surface area contributed by atoms with E-state index < -0.39 is 23.3 Å². The Kier molecular flexibility index (Phi) is 5.18. The van der Waals surface area contributed by atoms with Crippen LogP contribution in [0.5, 0.6) is 0 Å². The average Bonchev–Trinajstić information content (AvgIpc) is 3.04. The molecule has 30 heavy (non-hydrogen) atoms. The summed E-state index contributed by atoms with van der Waals surface area (Å²) in [4.78, 5) is 39.1. The highest BCUT2D eigenvalue weighted by Crippen LogP contribution is 2.15. The van der Waals surface area contributed by atoms with Crippen molar-refractivity contribution in [2.45, 2.75) is 26.6 Å². The standard InChI is InChI=1S/C21H20FN5O3/c1-14-6-8-16(9-7-14)23-18(28)13-27-21(30)26-11-10-25(20(29)19(26)24-27)12-15-4-2-3-5-17(15)22/h2-9H,10-13H2,1H3,(H,23,28). The smallest absolute Gasteiger partial charge is 0.330 e. The molecule has 0 aliphatic carbocycles. The van der Waals surface area contributed by atoms with Gasteiger partial charge in [0.15, 0.2) is 0 Å². The Bertz CT molecular complexity index is 1170. The third-order valence-electron chi connectivity index (χ3n) is 4.94. The average molecular weight is 409 g/mol. The molecule has 0 bridgehead atoms. The van der Waals surface area contributed by atoms with Crippen LogP contribution in [-0.4, -0.2) is 37.6 Å². The number of hydrogen-bond acceptors (Lipinski definition) is 4. The lowest BCUT2D eigenvalue weighted by molar-refractivity contribution is -0.117. The van der Waals surface area contributed by atoms with Crippen molar-refractivity contribution in [3.8, 4) is 0 Å². The minimum Gasteiger partial charge on any atom is -0.330 e. The normalized spacial score (nSPS) is 13.3. The second-order valence-electron chi connectivity index (χ2n) is 7.15. The van der Waals surface area contributed by atoms with E-state index in [1.54, 1.807) is 30.3 Å². The minimum atomic E-state index is -0.525. The zero-order valence-corrected chi connectivity index (χ0v) is 16.3. The van der Waals surface area contributed by atoms with Crippen molar-refractivity contribution in [3.63, 3.8) is 0 Å². The molecule has 2 heterocycles. The number of aromatic nitrogens is 3. The third kappa shape index (κ3) is 3.86. The molecule has 154 valence electrons. The van der Waals surface area contributed by atoms with Gasteiger partial charge in [-0.15, -0.1) is 5.10 Å². The molecule has 0 atom stereocenters. The van der Waals surface area contributed by atoms with Crippen LogP contribution in [0.2, 0.25) is 0 Å². The predicted molar refractivity (Wildman–Crippen MR) is 107 cm³/mol. The summed E-state index contributed by atoms with van der Waals surface area (Å²) in [7, 11) is 0. The van der Waals surface area contributed by atoms with Crippen LogP contribution in [-0.2, 0) is 24.4 Å². The maximum absolute atomic E-state index is 13.9. The van der Waals surface area contributed by atoms with Gasteiger partial charge >= 0.3 is 5.69 Å². The highest BCUT2D eigenvalue weighted by Gasteiger charge is 2.30. The Labute approximate surface area is 171 Å². The van der Waals surface area contributed by atoms with Crippen LogP contribution < -0.4 is 11.0 Å². The monoisotopic (exact) mass is 409 g/mol. The molecule has 1 aliphatic heterocycles. The number of benzene rings is 2. The van der Waals surface area contributed by atoms with Gasteiger partial charge in [-0.25, -0.2) is 13.9 Å². The Morgan fingerprint density at radius 3 is 2.57 bits per heavy atom. The highest BCUT2D eigenvalue weighted by molar-refractivity contribution is 5.92. The van der Waals surface area contributed by atoms with Crippen LogP contribution in [0.3, 0.4) is 0 Å². The van der Waals surface area contributed by atoms with Crippen LogP contribution in [0.4, 0.5) is 10.1 Å². The van der Waals surface area contributed by atoms with Crippen LogP contribution >= 0.6 is 0 Å². The predicted octanol–water partition coefficient (Wildman–Crippen LogP) is 1.79. The Morgan fingerprint density at radius 1 is 1.10 bits per heavy atom. The molecular weight excluding hydrogens is 389 g/mol. The van der Waals surface area contributed by atoms with E-state index >= 15 is 0 Å². The van der Waals surface area contributed by atoms with E-state index in [9.17, 15) is 18.8 Å². The van der Waals surface area contributed by atoms with Gasteiger partial charge in [0.05, 0.1) is 0 Å². The van der Waals surface area contributed by atoms with Crippen LogP contribution in [0.15, 0.2) is 53.3 Å². The number of aryl methyl sites for hydroxylation is 1. The number of carbonyl (C=O) groups excluding carboxylic acids is 2. The molecule has 2 aromatic carbocycles. The molecule has 2 amide bonds. The third-order valence-corrected chi connectivity index (χ3v) is 4.94. The molecule has 0 spiro atoms. The first-order chi connectivity index (χ1) is 14.4. The molecule has 3 aromatic rings. The number of carbonyl (C=O) groups is 2. The molecule has 0 radical (unpaired) electrons. The second kappa shape index (κ2) is 7.94. The number of anilines is 1. The van der Waals surface area contributed by atoms with Gasteiger partial charge in [0, 0.05) is 30.9 Å². The number of halogens is 1. The van der Waals surface area contributed by atoms with E-state index in [-0.39, 0.29) is 32.0 Å². The molecule has 1 aliphatic rings. The lowest BCUT2D eigenvalue weighted by Crippen LogP contribution is -2.42. The van der Waals surface area contributed by atoms with Crippen molar-refractivity contribution in [2.75, 3.05) is 11.9 Å². The van der Waals surface area contributed by atoms with Crippen molar-refractivity contribution in [1.82, 2.24) is 19.2 Å². The first kappa shape index (κ1) is 19.6. The van der Waals surface area contributed by atoms with E-state index in [4.69, 9.17) is 0 Å². The summed E-state index contributed by atoms with van der Waals surface area (Å²) < 4.78 is 16.1. The van der Waals surface area contributed by atoms with E-state index in [1.165, 1.54) is 15.5 Å². The van der Waals surface area contributed by atoms with E-state index in [0.717, 1.165) is 10.2 Å². The zero-order chi connectivity index (χ0) is 21.3. The molecule has 0 saturated heterocycles. The number of amides is 2. The molecular formula is C21H20FN5O3.